The highest BCUT2D eigenvalue weighted by Gasteiger charge is 2.34. The van der Waals surface area contributed by atoms with Crippen LogP contribution in [0.3, 0.4) is 0 Å². The summed E-state index contributed by atoms with van der Waals surface area (Å²) in [6, 6.07) is 6.25. The predicted molar refractivity (Wildman–Crippen MR) is 95.9 cm³/mol. The van der Waals surface area contributed by atoms with Crippen molar-refractivity contribution >= 4 is 21.2 Å². The molecule has 0 spiro atoms. The van der Waals surface area contributed by atoms with Gasteiger partial charge in [0.15, 0.2) is 0 Å². The summed E-state index contributed by atoms with van der Waals surface area (Å²) in [7, 11) is -3.92. The third kappa shape index (κ3) is 4.52. The lowest BCUT2D eigenvalue weighted by molar-refractivity contribution is -0.0443. The van der Waals surface area contributed by atoms with Gasteiger partial charge in [-0.2, -0.15) is 4.39 Å². The highest BCUT2D eigenvalue weighted by Crippen LogP contribution is 2.36. The summed E-state index contributed by atoms with van der Waals surface area (Å²) in [4.78, 5) is 3.07. The molecule has 5 nitrogen and oxygen atoms in total. The third-order valence-corrected chi connectivity index (χ3v) is 6.51. The highest BCUT2D eigenvalue weighted by molar-refractivity contribution is 7.91. The van der Waals surface area contributed by atoms with Crippen LogP contribution < -0.4 is 11.1 Å². The van der Waals surface area contributed by atoms with E-state index in [0.717, 1.165) is 12.3 Å². The van der Waals surface area contributed by atoms with E-state index in [1.54, 1.807) is 0 Å². The number of nitrogen functional groups attached to an aromatic ring is 1. The average molecular weight is 399 g/mol. The predicted octanol–water partition coefficient (Wildman–Crippen LogP) is 3.87. The van der Waals surface area contributed by atoms with Gasteiger partial charge in [0, 0.05) is 31.6 Å². The summed E-state index contributed by atoms with van der Waals surface area (Å²) in [5, 5.41) is 3.10. The van der Waals surface area contributed by atoms with Crippen molar-refractivity contribution in [3.05, 3.63) is 42.5 Å². The zero-order valence-corrected chi connectivity index (χ0v) is 15.3. The molecule has 9 heteroatoms. The van der Waals surface area contributed by atoms with Crippen molar-refractivity contribution < 1.29 is 21.6 Å². The van der Waals surface area contributed by atoms with Gasteiger partial charge in [0.25, 0.3) is 0 Å². The second kappa shape index (κ2) is 7.38. The maximum Gasteiger partial charge on any atom is 0.248 e. The number of nitrogens with two attached hydrogens (primary N) is 1. The minimum Gasteiger partial charge on any atom is -0.397 e. The standard InChI is InChI=1S/C18H20F3N3O2S/c19-17-10-14(5-8-23-17)27(25,26)13-1-2-16(15(22)9-13)24-11-12-3-6-18(20,21)7-4-12/h1-2,5,8-10,12,24H,3-4,6-7,11,22H2. The Hall–Kier alpha value is -2.29. The van der Waals surface area contributed by atoms with E-state index in [9.17, 15) is 21.6 Å². The van der Waals surface area contributed by atoms with Crippen LogP contribution in [-0.2, 0) is 9.84 Å². The fraction of sp³-hybridized carbons (Fsp3) is 0.389. The number of alkyl halides is 2. The summed E-state index contributed by atoms with van der Waals surface area (Å²) in [5.74, 6) is -3.34. The van der Waals surface area contributed by atoms with Crippen LogP contribution in [0.1, 0.15) is 25.7 Å². The molecule has 2 aromatic rings. The number of nitrogens with one attached hydrogen (secondary N) is 1. The Balaban J connectivity index is 1.71. The molecule has 1 heterocycles. The molecular weight excluding hydrogens is 379 g/mol. The van der Waals surface area contributed by atoms with Crippen molar-refractivity contribution in [2.45, 2.75) is 41.4 Å². The molecule has 0 amide bonds. The molecule has 1 fully saturated rings. The molecule has 0 saturated heterocycles. The molecule has 3 rings (SSSR count). The minimum absolute atomic E-state index is 0.0616. The molecule has 27 heavy (non-hydrogen) atoms. The smallest absolute Gasteiger partial charge is 0.248 e. The largest absolute Gasteiger partial charge is 0.397 e. The van der Waals surface area contributed by atoms with Crippen LogP contribution in [0.4, 0.5) is 24.5 Å². The molecule has 1 saturated carbocycles. The molecule has 0 atom stereocenters. The fourth-order valence-electron chi connectivity index (χ4n) is 3.12. The first kappa shape index (κ1) is 19.5. The molecule has 146 valence electrons. The van der Waals surface area contributed by atoms with Crippen LogP contribution in [0, 0.1) is 11.9 Å². The summed E-state index contributed by atoms with van der Waals surface area (Å²) >= 11 is 0. The van der Waals surface area contributed by atoms with Gasteiger partial charge in [0.1, 0.15) is 0 Å². The SMILES string of the molecule is Nc1cc(S(=O)(=O)c2ccnc(F)c2)ccc1NCC1CCC(F)(F)CC1. The average Bonchev–Trinajstić information content (AvgIpc) is 2.61. The first-order valence-electron chi connectivity index (χ1n) is 8.55. The van der Waals surface area contributed by atoms with Crippen molar-refractivity contribution in [2.24, 2.45) is 5.92 Å². The Labute approximate surface area is 155 Å². The number of anilines is 2. The summed E-state index contributed by atoms with van der Waals surface area (Å²) in [6.07, 6.45) is 1.71. The Kier molecular flexibility index (Phi) is 5.32. The number of rotatable bonds is 5. The van der Waals surface area contributed by atoms with Crippen LogP contribution in [-0.4, -0.2) is 25.9 Å². The van der Waals surface area contributed by atoms with Crippen LogP contribution in [0.2, 0.25) is 0 Å². The number of halogens is 3. The summed E-state index contributed by atoms with van der Waals surface area (Å²) in [5.41, 5.74) is 6.70. The second-order valence-corrected chi connectivity index (χ2v) is 8.70. The van der Waals surface area contributed by atoms with Gasteiger partial charge in [-0.1, -0.05) is 0 Å². The topological polar surface area (TPSA) is 85.1 Å². The van der Waals surface area contributed by atoms with E-state index in [-0.39, 0.29) is 34.2 Å². The van der Waals surface area contributed by atoms with Crippen LogP contribution >= 0.6 is 0 Å². The quantitative estimate of drug-likeness (QED) is 0.589. The van der Waals surface area contributed by atoms with E-state index in [1.165, 1.54) is 24.3 Å². The molecule has 0 bridgehead atoms. The Morgan fingerprint density at radius 2 is 1.81 bits per heavy atom. The van der Waals surface area contributed by atoms with Crippen LogP contribution in [0.15, 0.2) is 46.3 Å². The van der Waals surface area contributed by atoms with Crippen molar-refractivity contribution in [1.82, 2.24) is 4.98 Å². The Bertz CT molecular complexity index is 925. The molecule has 0 unspecified atom stereocenters. The number of pyridine rings is 1. The van der Waals surface area contributed by atoms with Gasteiger partial charge in [-0.05, 0) is 43.0 Å². The Morgan fingerprint density at radius 1 is 1.15 bits per heavy atom. The molecule has 1 aliphatic carbocycles. The lowest BCUT2D eigenvalue weighted by atomic mass is 9.87. The number of hydrogen-bond acceptors (Lipinski definition) is 5. The maximum atomic E-state index is 13.2. The van der Waals surface area contributed by atoms with Crippen LogP contribution in [0.25, 0.3) is 0 Å². The summed E-state index contributed by atoms with van der Waals surface area (Å²) < 4.78 is 64.8. The lowest BCUT2D eigenvalue weighted by Gasteiger charge is -2.28. The van der Waals surface area contributed by atoms with Gasteiger partial charge < -0.3 is 11.1 Å². The molecule has 0 radical (unpaired) electrons. The van der Waals surface area contributed by atoms with E-state index in [0.29, 0.717) is 25.1 Å². The van der Waals surface area contributed by atoms with E-state index in [2.05, 4.69) is 10.3 Å². The fourth-order valence-corrected chi connectivity index (χ4v) is 4.41. The molecule has 0 aliphatic heterocycles. The lowest BCUT2D eigenvalue weighted by Crippen LogP contribution is -2.28. The molecule has 1 aromatic heterocycles. The van der Waals surface area contributed by atoms with Crippen molar-refractivity contribution in [1.29, 1.82) is 0 Å². The van der Waals surface area contributed by atoms with Crippen molar-refractivity contribution in [3.63, 3.8) is 0 Å². The zero-order chi connectivity index (χ0) is 19.7. The molecule has 1 aromatic carbocycles. The van der Waals surface area contributed by atoms with Gasteiger partial charge >= 0.3 is 0 Å². The second-order valence-electron chi connectivity index (χ2n) is 6.75. The van der Waals surface area contributed by atoms with Crippen LogP contribution in [0.5, 0.6) is 0 Å². The van der Waals surface area contributed by atoms with Gasteiger partial charge in [-0.25, -0.2) is 22.2 Å². The van der Waals surface area contributed by atoms with Crippen molar-refractivity contribution in [2.75, 3.05) is 17.6 Å². The number of hydrogen-bond donors (Lipinski definition) is 2. The van der Waals surface area contributed by atoms with Gasteiger partial charge in [0.05, 0.1) is 21.2 Å². The van der Waals surface area contributed by atoms with E-state index in [1.807, 2.05) is 0 Å². The number of nitrogens with zero attached hydrogens (tertiary/aromatic N) is 1. The van der Waals surface area contributed by atoms with E-state index in [4.69, 9.17) is 5.73 Å². The van der Waals surface area contributed by atoms with Crippen molar-refractivity contribution in [3.8, 4) is 0 Å². The molecule has 1 aliphatic rings. The summed E-state index contributed by atoms with van der Waals surface area (Å²) in [6.45, 7) is 0.488. The first-order valence-corrected chi connectivity index (χ1v) is 10.0. The number of aromatic nitrogens is 1. The zero-order valence-electron chi connectivity index (χ0n) is 14.5. The van der Waals surface area contributed by atoms with Gasteiger partial charge in [-0.15, -0.1) is 0 Å². The van der Waals surface area contributed by atoms with E-state index < -0.39 is 21.7 Å². The number of benzene rings is 1. The van der Waals surface area contributed by atoms with E-state index >= 15 is 0 Å². The van der Waals surface area contributed by atoms with Gasteiger partial charge in [-0.3, -0.25) is 0 Å². The third-order valence-electron chi connectivity index (χ3n) is 4.76. The number of sulfone groups is 1. The first-order chi connectivity index (χ1) is 12.7. The Morgan fingerprint density at radius 3 is 2.44 bits per heavy atom. The molecule has 3 N–H and O–H groups in total. The minimum atomic E-state index is -3.92. The normalized spacial score (nSPS) is 17.6. The molecular formula is C18H20F3N3O2S. The van der Waals surface area contributed by atoms with Gasteiger partial charge in [0.2, 0.25) is 21.7 Å². The maximum absolute atomic E-state index is 13.2. The highest BCUT2D eigenvalue weighted by atomic mass is 32.2. The monoisotopic (exact) mass is 399 g/mol.